The van der Waals surface area contributed by atoms with E-state index < -0.39 is 17.7 Å². The second-order valence-corrected chi connectivity index (χ2v) is 11.3. The Morgan fingerprint density at radius 3 is 2.37 bits per heavy atom. The predicted octanol–water partition coefficient (Wildman–Crippen LogP) is 5.35. The number of ether oxygens (including phenoxy) is 3. The van der Waals surface area contributed by atoms with Crippen molar-refractivity contribution in [3.8, 4) is 11.5 Å². The average molecular weight is 565 g/mol. The van der Waals surface area contributed by atoms with E-state index in [9.17, 15) is 14.7 Å². The third-order valence-corrected chi connectivity index (χ3v) is 7.55. The lowest BCUT2D eigenvalue weighted by molar-refractivity contribution is -0.140. The third-order valence-electron chi connectivity index (χ3n) is 7.55. The summed E-state index contributed by atoms with van der Waals surface area (Å²) in [4.78, 5) is 30.7. The highest BCUT2D eigenvalue weighted by molar-refractivity contribution is 6.46. The molecule has 222 valence electrons. The van der Waals surface area contributed by atoms with Crippen molar-refractivity contribution >= 4 is 17.4 Å². The van der Waals surface area contributed by atoms with Crippen LogP contribution in [0.1, 0.15) is 62.8 Å². The molecule has 2 heterocycles. The van der Waals surface area contributed by atoms with Crippen molar-refractivity contribution in [1.29, 1.82) is 0 Å². The van der Waals surface area contributed by atoms with Crippen LogP contribution in [-0.2, 0) is 14.3 Å². The largest absolute Gasteiger partial charge is 0.507 e. The molecule has 0 spiro atoms. The Morgan fingerprint density at radius 1 is 1.00 bits per heavy atom. The maximum Gasteiger partial charge on any atom is 0.295 e. The molecule has 1 amide bonds. The maximum atomic E-state index is 13.5. The van der Waals surface area contributed by atoms with Crippen LogP contribution >= 0.6 is 0 Å². The summed E-state index contributed by atoms with van der Waals surface area (Å²) in [6.07, 6.45) is 3.22. The normalized spacial score (nSPS) is 19.2. The molecule has 0 bridgehead atoms. The van der Waals surface area contributed by atoms with Gasteiger partial charge in [-0.2, -0.15) is 0 Å². The summed E-state index contributed by atoms with van der Waals surface area (Å²) in [5.41, 5.74) is 2.13. The highest BCUT2D eigenvalue weighted by atomic mass is 16.5. The van der Waals surface area contributed by atoms with Gasteiger partial charge in [-0.15, -0.1) is 0 Å². The molecular formula is C33H44N2O6. The molecule has 2 aromatic carbocycles. The number of hydrogen-bond donors (Lipinski definition) is 1. The molecule has 0 aliphatic carbocycles. The zero-order chi connectivity index (χ0) is 29.4. The molecule has 41 heavy (non-hydrogen) atoms. The first-order valence-electron chi connectivity index (χ1n) is 14.8. The second kappa shape index (κ2) is 14.5. The standard InChI is InChI=1S/C33H44N2O6/c1-5-6-7-18-40-26-10-8-25(9-11-26)30-29(31(36)28-13-12-27(21-24(28)4)41-22-23(2)3)32(37)33(38)35(30)15-14-34-16-19-39-20-17-34/h8-13,21,23,30,36H,5-7,14-20,22H2,1-4H3. The Bertz CT molecular complexity index is 1220. The van der Waals surface area contributed by atoms with Crippen molar-refractivity contribution in [2.75, 3.05) is 52.6 Å². The number of likely N-dealkylation sites (tertiary alicyclic amines) is 1. The molecule has 2 aliphatic heterocycles. The topological polar surface area (TPSA) is 88.5 Å². The Morgan fingerprint density at radius 2 is 1.71 bits per heavy atom. The summed E-state index contributed by atoms with van der Waals surface area (Å²) >= 11 is 0. The molecule has 1 N–H and O–H groups in total. The summed E-state index contributed by atoms with van der Waals surface area (Å²) in [6.45, 7) is 13.2. The fourth-order valence-electron chi connectivity index (χ4n) is 5.22. The summed E-state index contributed by atoms with van der Waals surface area (Å²) in [5.74, 6) is 0.376. The van der Waals surface area contributed by atoms with Gasteiger partial charge >= 0.3 is 0 Å². The van der Waals surface area contributed by atoms with Crippen LogP contribution in [0.25, 0.3) is 5.76 Å². The molecule has 8 nitrogen and oxygen atoms in total. The molecule has 1 atom stereocenters. The SMILES string of the molecule is CCCCCOc1ccc(C2C(=C(O)c3ccc(OCC(C)C)cc3C)C(=O)C(=O)N2CCN2CCOCC2)cc1. The van der Waals surface area contributed by atoms with Crippen LogP contribution in [0.15, 0.2) is 48.0 Å². The van der Waals surface area contributed by atoms with Gasteiger partial charge in [-0.25, -0.2) is 0 Å². The number of benzene rings is 2. The first-order chi connectivity index (χ1) is 19.8. The zero-order valence-electron chi connectivity index (χ0n) is 24.9. The van der Waals surface area contributed by atoms with E-state index in [1.807, 2.05) is 37.3 Å². The van der Waals surface area contributed by atoms with Gasteiger partial charge in [0.15, 0.2) is 0 Å². The van der Waals surface area contributed by atoms with Gasteiger partial charge in [0.25, 0.3) is 11.7 Å². The first kappa shape index (κ1) is 30.6. The summed E-state index contributed by atoms with van der Waals surface area (Å²) < 4.78 is 17.2. The lowest BCUT2D eigenvalue weighted by Gasteiger charge is -2.31. The lowest BCUT2D eigenvalue weighted by atomic mass is 9.94. The van der Waals surface area contributed by atoms with Crippen molar-refractivity contribution in [2.24, 2.45) is 5.92 Å². The van der Waals surface area contributed by atoms with Crippen molar-refractivity contribution in [2.45, 2.75) is 53.0 Å². The van der Waals surface area contributed by atoms with Crippen LogP contribution < -0.4 is 9.47 Å². The molecule has 2 aliphatic rings. The van der Waals surface area contributed by atoms with Crippen molar-refractivity contribution < 1.29 is 28.9 Å². The number of carbonyl (C=O) groups excluding carboxylic acids is 2. The molecule has 2 saturated heterocycles. The van der Waals surface area contributed by atoms with E-state index in [-0.39, 0.29) is 11.3 Å². The van der Waals surface area contributed by atoms with E-state index in [4.69, 9.17) is 14.2 Å². The van der Waals surface area contributed by atoms with Crippen LogP contribution in [-0.4, -0.2) is 79.2 Å². The second-order valence-electron chi connectivity index (χ2n) is 11.3. The zero-order valence-corrected chi connectivity index (χ0v) is 24.9. The van der Waals surface area contributed by atoms with Crippen LogP contribution in [0.4, 0.5) is 0 Å². The maximum absolute atomic E-state index is 13.5. The van der Waals surface area contributed by atoms with E-state index in [1.54, 1.807) is 17.0 Å². The number of rotatable bonds is 13. The Labute approximate surface area is 243 Å². The van der Waals surface area contributed by atoms with Gasteiger partial charge in [0.2, 0.25) is 0 Å². The Kier molecular flexibility index (Phi) is 10.8. The summed E-state index contributed by atoms with van der Waals surface area (Å²) in [6, 6.07) is 12.2. The van der Waals surface area contributed by atoms with Gasteiger partial charge in [-0.3, -0.25) is 14.5 Å². The molecule has 0 radical (unpaired) electrons. The van der Waals surface area contributed by atoms with Gasteiger partial charge in [-0.1, -0.05) is 45.7 Å². The minimum Gasteiger partial charge on any atom is -0.507 e. The number of nitrogens with zero attached hydrogens (tertiary/aromatic N) is 2. The Balaban J connectivity index is 1.66. The van der Waals surface area contributed by atoms with Gasteiger partial charge in [0, 0.05) is 31.7 Å². The van der Waals surface area contributed by atoms with E-state index >= 15 is 0 Å². The number of ketones is 1. The third kappa shape index (κ3) is 7.68. The minimum absolute atomic E-state index is 0.104. The van der Waals surface area contributed by atoms with Gasteiger partial charge in [-0.05, 0) is 60.7 Å². The smallest absolute Gasteiger partial charge is 0.295 e. The fraction of sp³-hybridized carbons (Fsp3) is 0.515. The average Bonchev–Trinajstić information content (AvgIpc) is 3.23. The van der Waals surface area contributed by atoms with Crippen LogP contribution in [0.5, 0.6) is 11.5 Å². The molecule has 1 unspecified atom stereocenters. The first-order valence-corrected chi connectivity index (χ1v) is 14.8. The number of morpholine rings is 1. The van der Waals surface area contributed by atoms with Gasteiger partial charge < -0.3 is 24.2 Å². The monoisotopic (exact) mass is 564 g/mol. The number of carbonyl (C=O) groups is 2. The van der Waals surface area contributed by atoms with Gasteiger partial charge in [0.1, 0.15) is 17.3 Å². The van der Waals surface area contributed by atoms with Gasteiger partial charge in [0.05, 0.1) is 38.0 Å². The number of aliphatic hydroxyl groups is 1. The number of hydrogen-bond acceptors (Lipinski definition) is 7. The van der Waals surface area contributed by atoms with Crippen molar-refractivity contribution in [3.63, 3.8) is 0 Å². The number of amides is 1. The van der Waals surface area contributed by atoms with Crippen molar-refractivity contribution in [1.82, 2.24) is 9.80 Å². The van der Waals surface area contributed by atoms with Crippen LogP contribution in [0.3, 0.4) is 0 Å². The molecule has 8 heteroatoms. The highest BCUT2D eigenvalue weighted by Gasteiger charge is 2.46. The predicted molar refractivity (Wildman–Crippen MR) is 159 cm³/mol. The molecule has 0 saturated carbocycles. The van der Waals surface area contributed by atoms with Crippen LogP contribution in [0, 0.1) is 12.8 Å². The molecule has 4 rings (SSSR count). The van der Waals surface area contributed by atoms with E-state index in [2.05, 4.69) is 25.7 Å². The molecular weight excluding hydrogens is 520 g/mol. The summed E-state index contributed by atoms with van der Waals surface area (Å²) in [5, 5.41) is 11.6. The van der Waals surface area contributed by atoms with Crippen molar-refractivity contribution in [3.05, 3.63) is 64.7 Å². The molecule has 2 fully saturated rings. The summed E-state index contributed by atoms with van der Waals surface area (Å²) in [7, 11) is 0. The van der Waals surface area contributed by atoms with E-state index in [0.717, 1.165) is 49.2 Å². The fourth-order valence-corrected chi connectivity index (χ4v) is 5.22. The van der Waals surface area contributed by atoms with Crippen LogP contribution in [0.2, 0.25) is 0 Å². The highest BCUT2D eigenvalue weighted by Crippen LogP contribution is 2.40. The van der Waals surface area contributed by atoms with E-state index in [1.165, 1.54) is 0 Å². The number of unbranched alkanes of at least 4 members (excludes halogenated alkanes) is 2. The molecule has 0 aromatic heterocycles. The lowest BCUT2D eigenvalue weighted by Crippen LogP contribution is -2.42. The number of aryl methyl sites for hydroxylation is 1. The molecule has 2 aromatic rings. The number of Topliss-reactive ketones (excluding diaryl/α,β-unsaturated/α-hetero) is 1. The minimum atomic E-state index is -0.707. The Hall–Kier alpha value is -3.36. The number of aliphatic hydroxyl groups excluding tert-OH is 1. The van der Waals surface area contributed by atoms with E-state index in [0.29, 0.717) is 56.7 Å². The quantitative estimate of drug-likeness (QED) is 0.152.